The van der Waals surface area contributed by atoms with Gasteiger partial charge in [-0.3, -0.25) is 18.8 Å². The quantitative estimate of drug-likeness (QED) is 0.234. The Balaban J connectivity index is 1.29. The van der Waals surface area contributed by atoms with Gasteiger partial charge in [0, 0.05) is 37.9 Å². The van der Waals surface area contributed by atoms with Crippen LogP contribution in [-0.4, -0.2) is 74.3 Å². The lowest BCUT2D eigenvalue weighted by Gasteiger charge is -2.39. The first kappa shape index (κ1) is 30.1. The summed E-state index contributed by atoms with van der Waals surface area (Å²) in [7, 11) is 0. The zero-order valence-electron chi connectivity index (χ0n) is 25.6. The number of nitrogen functional groups attached to an aromatic ring is 1. The molecule has 232 valence electrons. The highest BCUT2D eigenvalue weighted by Gasteiger charge is 2.34. The van der Waals surface area contributed by atoms with Crippen molar-refractivity contribution in [2.24, 2.45) is 0 Å². The summed E-state index contributed by atoms with van der Waals surface area (Å²) in [4.78, 5) is 36.1. The number of pyridine rings is 1. The molecule has 2 N–H and O–H groups in total. The summed E-state index contributed by atoms with van der Waals surface area (Å²) in [5.74, 6) is 1.26. The highest BCUT2D eigenvalue weighted by molar-refractivity contribution is 5.97. The number of nitrogens with zero attached hydrogens (tertiary/aromatic N) is 6. The van der Waals surface area contributed by atoms with Crippen LogP contribution in [0.5, 0.6) is 11.5 Å². The van der Waals surface area contributed by atoms with Crippen LogP contribution in [0, 0.1) is 11.3 Å². The summed E-state index contributed by atoms with van der Waals surface area (Å²) in [6.07, 6.45) is 4.84. The third-order valence-electron chi connectivity index (χ3n) is 8.65. The molecule has 0 aliphatic carbocycles. The molecule has 0 saturated carbocycles. The lowest BCUT2D eigenvalue weighted by Crippen LogP contribution is -2.49. The van der Waals surface area contributed by atoms with Crippen molar-refractivity contribution in [3.8, 4) is 23.3 Å². The summed E-state index contributed by atoms with van der Waals surface area (Å²) in [6, 6.07) is 20.3. The Morgan fingerprint density at radius 1 is 1.09 bits per heavy atom. The number of nitrogens with two attached hydrogens (primary N) is 1. The average Bonchev–Trinajstić information content (AvgIpc) is 3.64. The first-order valence-electron chi connectivity index (χ1n) is 15.2. The number of fused-ring (bicyclic) bond motifs is 1. The summed E-state index contributed by atoms with van der Waals surface area (Å²) < 4.78 is 14.6. The van der Waals surface area contributed by atoms with Crippen molar-refractivity contribution in [1.82, 2.24) is 23.9 Å². The number of rotatable bonds is 8. The first-order chi connectivity index (χ1) is 21.8. The second-order valence-corrected chi connectivity index (χ2v) is 11.9. The van der Waals surface area contributed by atoms with E-state index in [1.54, 1.807) is 44.5 Å². The van der Waals surface area contributed by atoms with Crippen molar-refractivity contribution < 1.29 is 14.3 Å². The van der Waals surface area contributed by atoms with Gasteiger partial charge in [-0.2, -0.15) is 5.26 Å². The van der Waals surface area contributed by atoms with E-state index >= 15 is 0 Å². The number of carbonyl (C=O) groups excluding carboxylic acids is 1. The van der Waals surface area contributed by atoms with Gasteiger partial charge in [-0.15, -0.1) is 0 Å². The SMILES string of the molecule is CC(C)(/C=C(/C#N)C(=O)N1CCC[C@H]1Cn1c(=O)n(-c2ccc(Oc3ccccc3)cc2)c2c(N)nccc21)N1CCOCC1. The molecule has 2 aromatic heterocycles. The smallest absolute Gasteiger partial charge is 0.333 e. The van der Waals surface area contributed by atoms with Gasteiger partial charge in [0.2, 0.25) is 0 Å². The van der Waals surface area contributed by atoms with Gasteiger partial charge in [0.15, 0.2) is 0 Å². The number of ether oxygens (including phenoxy) is 2. The van der Waals surface area contributed by atoms with Crippen LogP contribution < -0.4 is 16.2 Å². The fraction of sp³-hybridized carbons (Fsp3) is 0.353. The minimum absolute atomic E-state index is 0.111. The molecular weight excluding hydrogens is 570 g/mol. The van der Waals surface area contributed by atoms with Gasteiger partial charge < -0.3 is 20.1 Å². The van der Waals surface area contributed by atoms with E-state index in [9.17, 15) is 14.9 Å². The molecule has 0 bridgehead atoms. The number of morpholine rings is 1. The molecule has 6 rings (SSSR count). The first-order valence-corrected chi connectivity index (χ1v) is 15.2. The molecule has 2 aliphatic heterocycles. The number of anilines is 1. The van der Waals surface area contributed by atoms with E-state index in [-0.39, 0.29) is 35.6 Å². The molecule has 0 unspecified atom stereocenters. The molecule has 11 heteroatoms. The molecule has 0 radical (unpaired) electrons. The van der Waals surface area contributed by atoms with Crippen molar-refractivity contribution in [3.05, 3.63) is 89.0 Å². The molecule has 4 heterocycles. The summed E-state index contributed by atoms with van der Waals surface area (Å²) in [5, 5.41) is 10.0. The molecule has 1 atom stereocenters. The lowest BCUT2D eigenvalue weighted by molar-refractivity contribution is -0.127. The topological polar surface area (TPSA) is 132 Å². The Labute approximate surface area is 261 Å². The van der Waals surface area contributed by atoms with Crippen molar-refractivity contribution in [1.29, 1.82) is 5.26 Å². The molecule has 1 amide bonds. The van der Waals surface area contributed by atoms with E-state index in [2.05, 4.69) is 16.0 Å². The van der Waals surface area contributed by atoms with Crippen molar-refractivity contribution in [3.63, 3.8) is 0 Å². The number of nitriles is 1. The molecule has 2 aliphatic rings. The Morgan fingerprint density at radius 2 is 1.80 bits per heavy atom. The maximum atomic E-state index is 14.1. The summed E-state index contributed by atoms with van der Waals surface area (Å²) in [6.45, 7) is 7.51. The van der Waals surface area contributed by atoms with E-state index in [0.29, 0.717) is 54.4 Å². The number of hydrogen-bond donors (Lipinski definition) is 1. The van der Waals surface area contributed by atoms with Gasteiger partial charge in [0.25, 0.3) is 5.91 Å². The number of amides is 1. The number of likely N-dealkylation sites (tertiary alicyclic amines) is 1. The van der Waals surface area contributed by atoms with Crippen LogP contribution in [0.4, 0.5) is 5.82 Å². The second-order valence-electron chi connectivity index (χ2n) is 11.9. The Bertz CT molecular complexity index is 1810. The number of aromatic nitrogens is 3. The zero-order chi connectivity index (χ0) is 31.6. The predicted molar refractivity (Wildman–Crippen MR) is 171 cm³/mol. The minimum atomic E-state index is -0.490. The minimum Gasteiger partial charge on any atom is -0.457 e. The van der Waals surface area contributed by atoms with E-state index in [4.69, 9.17) is 15.2 Å². The number of benzene rings is 2. The fourth-order valence-electron chi connectivity index (χ4n) is 6.31. The molecule has 4 aromatic rings. The fourth-order valence-corrected chi connectivity index (χ4v) is 6.31. The molecule has 11 nitrogen and oxygen atoms in total. The van der Waals surface area contributed by atoms with Crippen LogP contribution in [0.1, 0.15) is 26.7 Å². The van der Waals surface area contributed by atoms with Crippen LogP contribution in [0.25, 0.3) is 16.7 Å². The van der Waals surface area contributed by atoms with Crippen LogP contribution in [0.3, 0.4) is 0 Å². The third kappa shape index (κ3) is 6.07. The largest absolute Gasteiger partial charge is 0.457 e. The number of carbonyl (C=O) groups is 1. The van der Waals surface area contributed by atoms with E-state index in [1.807, 2.05) is 56.3 Å². The van der Waals surface area contributed by atoms with Crippen LogP contribution in [-0.2, 0) is 16.1 Å². The van der Waals surface area contributed by atoms with Crippen molar-refractivity contribution in [2.75, 3.05) is 38.6 Å². The maximum Gasteiger partial charge on any atom is 0.333 e. The van der Waals surface area contributed by atoms with Gasteiger partial charge in [-0.1, -0.05) is 18.2 Å². The molecular formula is C34H37N7O4. The normalized spacial score (nSPS) is 17.8. The number of imidazole rings is 1. The van der Waals surface area contributed by atoms with Gasteiger partial charge in [0.05, 0.1) is 30.5 Å². The standard InChI is InChI=1S/C34H37N7O4/c1-34(2,38-17-19-44-20-18-38)21-24(22-35)32(42)39-16-6-7-26(39)23-40-29-14-15-37-31(36)30(29)41(33(40)43)25-10-12-28(13-11-25)45-27-8-4-3-5-9-27/h3-5,8-15,21,26H,6-7,16-20,23H2,1-2H3,(H2,36,37)/b24-21-/t26-/m0/s1. The Morgan fingerprint density at radius 3 is 2.51 bits per heavy atom. The predicted octanol–water partition coefficient (Wildman–Crippen LogP) is 4.11. The monoisotopic (exact) mass is 607 g/mol. The van der Waals surface area contributed by atoms with Gasteiger partial charge in [-0.25, -0.2) is 9.78 Å². The van der Waals surface area contributed by atoms with Crippen LogP contribution in [0.15, 0.2) is 83.3 Å². The van der Waals surface area contributed by atoms with E-state index < -0.39 is 5.54 Å². The maximum absolute atomic E-state index is 14.1. The van der Waals surface area contributed by atoms with Crippen LogP contribution >= 0.6 is 0 Å². The van der Waals surface area contributed by atoms with Crippen LogP contribution in [0.2, 0.25) is 0 Å². The molecule has 2 aromatic carbocycles. The van der Waals surface area contributed by atoms with Gasteiger partial charge in [0.1, 0.15) is 34.5 Å². The lowest BCUT2D eigenvalue weighted by atomic mass is 9.97. The average molecular weight is 608 g/mol. The Hall–Kier alpha value is -4.92. The third-order valence-corrected chi connectivity index (χ3v) is 8.65. The molecule has 0 spiro atoms. The van der Waals surface area contributed by atoms with E-state index in [0.717, 1.165) is 19.5 Å². The number of para-hydroxylation sites is 1. The van der Waals surface area contributed by atoms with Crippen molar-refractivity contribution >= 4 is 22.8 Å². The zero-order valence-corrected chi connectivity index (χ0v) is 25.6. The van der Waals surface area contributed by atoms with E-state index in [1.165, 1.54) is 0 Å². The molecule has 2 saturated heterocycles. The highest BCUT2D eigenvalue weighted by Crippen LogP contribution is 2.28. The Kier molecular flexibility index (Phi) is 8.43. The van der Waals surface area contributed by atoms with Crippen molar-refractivity contribution in [2.45, 2.75) is 44.8 Å². The number of hydrogen-bond acceptors (Lipinski definition) is 8. The summed E-state index contributed by atoms with van der Waals surface area (Å²) in [5.41, 5.74) is 7.42. The molecule has 45 heavy (non-hydrogen) atoms. The highest BCUT2D eigenvalue weighted by atomic mass is 16.5. The van der Waals surface area contributed by atoms with Gasteiger partial charge >= 0.3 is 5.69 Å². The second kappa shape index (κ2) is 12.6. The van der Waals surface area contributed by atoms with Gasteiger partial charge in [-0.05, 0) is 75.2 Å². The summed E-state index contributed by atoms with van der Waals surface area (Å²) >= 11 is 0. The molecule has 2 fully saturated rings.